The Hall–Kier alpha value is -1.03. The summed E-state index contributed by atoms with van der Waals surface area (Å²) in [6.07, 6.45) is 0.757. The molecule has 1 atom stereocenters. The minimum atomic E-state index is -2.82. The highest BCUT2D eigenvalue weighted by atomic mass is 127. The Balaban J connectivity index is 0.00000261. The molecule has 2 saturated heterocycles. The summed E-state index contributed by atoms with van der Waals surface area (Å²) < 4.78 is 23.2. The van der Waals surface area contributed by atoms with E-state index in [-0.39, 0.29) is 29.9 Å². The minimum absolute atomic E-state index is 0. The van der Waals surface area contributed by atoms with Gasteiger partial charge in [-0.2, -0.15) is 0 Å². The zero-order chi connectivity index (χ0) is 18.7. The molecule has 0 aromatic heterocycles. The first-order valence-corrected chi connectivity index (χ1v) is 11.2. The number of halogens is 1. The van der Waals surface area contributed by atoms with Gasteiger partial charge in [0.1, 0.15) is 0 Å². The molecule has 0 saturated carbocycles. The number of guanidine groups is 1. The third-order valence-electron chi connectivity index (χ3n) is 5.58. The summed E-state index contributed by atoms with van der Waals surface area (Å²) >= 11 is 0. The minimum Gasteiger partial charge on any atom is -0.368 e. The van der Waals surface area contributed by atoms with E-state index in [2.05, 4.69) is 52.2 Å². The monoisotopic (exact) mass is 506 g/mol. The van der Waals surface area contributed by atoms with E-state index >= 15 is 0 Å². The van der Waals surface area contributed by atoms with Crippen LogP contribution in [-0.4, -0.2) is 70.6 Å². The second-order valence-electron chi connectivity index (χ2n) is 7.39. The van der Waals surface area contributed by atoms with Crippen LogP contribution in [0.4, 0.5) is 5.69 Å². The van der Waals surface area contributed by atoms with Gasteiger partial charge in [-0.3, -0.25) is 4.99 Å². The van der Waals surface area contributed by atoms with Gasteiger partial charge in [-0.25, -0.2) is 8.42 Å². The summed E-state index contributed by atoms with van der Waals surface area (Å²) in [6, 6.07) is 6.48. The van der Waals surface area contributed by atoms with E-state index in [1.165, 1.54) is 16.8 Å². The Morgan fingerprint density at radius 2 is 1.93 bits per heavy atom. The van der Waals surface area contributed by atoms with Crippen LogP contribution in [0, 0.1) is 19.8 Å². The number of anilines is 1. The lowest BCUT2D eigenvalue weighted by Crippen LogP contribution is -2.53. The molecule has 2 fully saturated rings. The summed E-state index contributed by atoms with van der Waals surface area (Å²) in [5.74, 6) is 1.71. The number of sulfone groups is 1. The highest BCUT2D eigenvalue weighted by Gasteiger charge is 2.28. The van der Waals surface area contributed by atoms with Crippen LogP contribution in [0.2, 0.25) is 0 Å². The summed E-state index contributed by atoms with van der Waals surface area (Å²) in [4.78, 5) is 9.11. The summed E-state index contributed by atoms with van der Waals surface area (Å²) in [5, 5.41) is 3.39. The fourth-order valence-corrected chi connectivity index (χ4v) is 5.70. The number of aliphatic imine (C=N–C) groups is 1. The van der Waals surface area contributed by atoms with Gasteiger partial charge in [-0.15, -0.1) is 24.0 Å². The Bertz CT molecular complexity index is 774. The van der Waals surface area contributed by atoms with Crippen molar-refractivity contribution >= 4 is 45.5 Å². The number of benzene rings is 1. The lowest BCUT2D eigenvalue weighted by Gasteiger charge is -2.38. The number of hydrogen-bond acceptors (Lipinski definition) is 4. The van der Waals surface area contributed by atoms with Crippen molar-refractivity contribution in [2.45, 2.75) is 20.3 Å². The van der Waals surface area contributed by atoms with E-state index in [4.69, 9.17) is 0 Å². The van der Waals surface area contributed by atoms with Crippen LogP contribution in [0.25, 0.3) is 0 Å². The predicted octanol–water partition coefficient (Wildman–Crippen LogP) is 2.05. The molecule has 2 heterocycles. The molecule has 0 bridgehead atoms. The fraction of sp³-hybridized carbons (Fsp3) is 0.632. The summed E-state index contributed by atoms with van der Waals surface area (Å²) in [6.45, 7) is 8.78. The molecule has 152 valence electrons. The van der Waals surface area contributed by atoms with Crippen molar-refractivity contribution in [1.29, 1.82) is 0 Å². The van der Waals surface area contributed by atoms with Crippen molar-refractivity contribution < 1.29 is 8.42 Å². The quantitative estimate of drug-likeness (QED) is 0.387. The van der Waals surface area contributed by atoms with Gasteiger partial charge >= 0.3 is 0 Å². The molecule has 0 aliphatic carbocycles. The zero-order valence-electron chi connectivity index (χ0n) is 16.4. The Kier molecular flexibility index (Phi) is 7.79. The van der Waals surface area contributed by atoms with Gasteiger partial charge in [0.15, 0.2) is 15.8 Å². The van der Waals surface area contributed by atoms with E-state index in [1.807, 2.05) is 0 Å². The first-order chi connectivity index (χ1) is 12.4. The molecule has 8 heteroatoms. The lowest BCUT2D eigenvalue weighted by atomic mass is 10.1. The summed E-state index contributed by atoms with van der Waals surface area (Å²) in [5.41, 5.74) is 4.00. The molecule has 6 nitrogen and oxygen atoms in total. The second-order valence-corrected chi connectivity index (χ2v) is 9.62. The number of nitrogens with zero attached hydrogens (tertiary/aromatic N) is 3. The molecule has 2 aliphatic rings. The average Bonchev–Trinajstić information content (AvgIpc) is 2.97. The van der Waals surface area contributed by atoms with Gasteiger partial charge in [0.05, 0.1) is 11.5 Å². The third-order valence-corrected chi connectivity index (χ3v) is 7.42. The first kappa shape index (κ1) is 22.3. The third kappa shape index (κ3) is 5.49. The SMILES string of the molecule is CN=C(NCC1CCS(=O)(=O)C1)N1CCN(c2cccc(C)c2C)CC1.I. The molecular weight excluding hydrogens is 475 g/mol. The van der Waals surface area contributed by atoms with Gasteiger partial charge < -0.3 is 15.1 Å². The zero-order valence-corrected chi connectivity index (χ0v) is 19.6. The highest BCUT2D eigenvalue weighted by Crippen LogP contribution is 2.24. The van der Waals surface area contributed by atoms with Crippen molar-refractivity contribution in [3.05, 3.63) is 29.3 Å². The number of rotatable bonds is 3. The second kappa shape index (κ2) is 9.45. The molecule has 0 spiro atoms. The molecule has 27 heavy (non-hydrogen) atoms. The van der Waals surface area contributed by atoms with Gasteiger partial charge in [0.2, 0.25) is 0 Å². The van der Waals surface area contributed by atoms with Crippen molar-refractivity contribution in [3.8, 4) is 0 Å². The molecule has 1 aromatic rings. The molecule has 0 radical (unpaired) electrons. The fourth-order valence-electron chi connectivity index (χ4n) is 3.84. The van der Waals surface area contributed by atoms with Crippen molar-refractivity contribution in [2.75, 3.05) is 56.2 Å². The molecule has 3 rings (SSSR count). The van der Waals surface area contributed by atoms with Crippen molar-refractivity contribution in [1.82, 2.24) is 10.2 Å². The maximum atomic E-state index is 11.6. The molecule has 0 amide bonds. The van der Waals surface area contributed by atoms with Gasteiger partial charge in [0.25, 0.3) is 0 Å². The van der Waals surface area contributed by atoms with E-state index in [9.17, 15) is 8.42 Å². The average molecular weight is 506 g/mol. The topological polar surface area (TPSA) is 65.0 Å². The Morgan fingerprint density at radius 1 is 1.22 bits per heavy atom. The van der Waals surface area contributed by atoms with E-state index in [1.54, 1.807) is 7.05 Å². The molecule has 2 aliphatic heterocycles. The number of hydrogen-bond donors (Lipinski definition) is 1. The van der Waals surface area contributed by atoms with E-state index in [0.29, 0.717) is 18.1 Å². The van der Waals surface area contributed by atoms with Crippen LogP contribution in [0.5, 0.6) is 0 Å². The highest BCUT2D eigenvalue weighted by molar-refractivity contribution is 14.0. The number of aryl methyl sites for hydroxylation is 1. The van der Waals surface area contributed by atoms with Crippen LogP contribution in [0.1, 0.15) is 17.5 Å². The molecule has 1 N–H and O–H groups in total. The van der Waals surface area contributed by atoms with Crippen LogP contribution in [0.3, 0.4) is 0 Å². The largest absolute Gasteiger partial charge is 0.368 e. The van der Waals surface area contributed by atoms with Gasteiger partial charge in [0, 0.05) is 45.5 Å². The van der Waals surface area contributed by atoms with Crippen molar-refractivity contribution in [2.24, 2.45) is 10.9 Å². The maximum absolute atomic E-state index is 11.6. The molecular formula is C19H31IN4O2S. The predicted molar refractivity (Wildman–Crippen MR) is 123 cm³/mol. The smallest absolute Gasteiger partial charge is 0.193 e. The molecule has 1 aromatic carbocycles. The normalized spacial score (nSPS) is 22.5. The van der Waals surface area contributed by atoms with Crippen molar-refractivity contribution in [3.63, 3.8) is 0 Å². The van der Waals surface area contributed by atoms with Gasteiger partial charge in [-0.1, -0.05) is 12.1 Å². The van der Waals surface area contributed by atoms with E-state index < -0.39 is 9.84 Å². The lowest BCUT2D eigenvalue weighted by molar-refractivity contribution is 0.369. The Labute approximate surface area is 180 Å². The standard InChI is InChI=1S/C19H30N4O2S.HI/c1-15-5-4-6-18(16(15)2)22-8-10-23(11-9-22)19(20-3)21-13-17-7-12-26(24,25)14-17;/h4-6,17H,7-14H2,1-3H3,(H,20,21);1H. The Morgan fingerprint density at radius 3 is 2.52 bits per heavy atom. The maximum Gasteiger partial charge on any atom is 0.193 e. The molecule has 1 unspecified atom stereocenters. The summed E-state index contributed by atoms with van der Waals surface area (Å²) in [7, 11) is -1.02. The van der Waals surface area contributed by atoms with Crippen LogP contribution >= 0.6 is 24.0 Å². The number of piperazine rings is 1. The van der Waals surface area contributed by atoms with Crippen LogP contribution in [-0.2, 0) is 9.84 Å². The first-order valence-electron chi connectivity index (χ1n) is 9.37. The van der Waals surface area contributed by atoms with E-state index in [0.717, 1.165) is 38.6 Å². The van der Waals surface area contributed by atoms with Crippen LogP contribution < -0.4 is 10.2 Å². The number of nitrogens with one attached hydrogen (secondary N) is 1. The van der Waals surface area contributed by atoms with Crippen LogP contribution in [0.15, 0.2) is 23.2 Å². The van der Waals surface area contributed by atoms with Gasteiger partial charge in [-0.05, 0) is 43.4 Å².